The fourth-order valence-corrected chi connectivity index (χ4v) is 3.52. The minimum atomic E-state index is -0.808. The van der Waals surface area contributed by atoms with Crippen LogP contribution in [0.5, 0.6) is 0 Å². The monoisotopic (exact) mass is 297 g/mol. The highest BCUT2D eigenvalue weighted by Crippen LogP contribution is 2.48. The van der Waals surface area contributed by atoms with Gasteiger partial charge in [0.05, 0.1) is 5.41 Å². The van der Waals surface area contributed by atoms with Crippen molar-refractivity contribution in [1.82, 2.24) is 15.1 Å². The Kier molecular flexibility index (Phi) is 4.11. The average molecular weight is 297 g/mol. The van der Waals surface area contributed by atoms with Gasteiger partial charge in [0.15, 0.2) is 0 Å². The molecule has 118 valence electrons. The van der Waals surface area contributed by atoms with Gasteiger partial charge in [0.2, 0.25) is 5.91 Å². The van der Waals surface area contributed by atoms with Gasteiger partial charge in [-0.3, -0.25) is 9.59 Å². The van der Waals surface area contributed by atoms with E-state index in [1.54, 1.807) is 21.0 Å². The molecule has 2 rings (SSSR count). The molecule has 3 amide bonds. The molecule has 7 heteroatoms. The van der Waals surface area contributed by atoms with Crippen molar-refractivity contribution < 1.29 is 19.5 Å². The highest BCUT2D eigenvalue weighted by molar-refractivity contribution is 5.87. The average Bonchev–Trinajstić information content (AvgIpc) is 2.94. The first-order valence-corrected chi connectivity index (χ1v) is 7.28. The molecule has 1 unspecified atom stereocenters. The second kappa shape index (κ2) is 5.54. The Bertz CT molecular complexity index is 465. The number of likely N-dealkylation sites (tertiary alicyclic amines) is 1. The lowest BCUT2D eigenvalue weighted by molar-refractivity contribution is -0.149. The third-order valence-electron chi connectivity index (χ3n) is 4.74. The van der Waals surface area contributed by atoms with E-state index in [9.17, 15) is 19.5 Å². The number of fused-ring (bicyclic) bond motifs is 1. The van der Waals surface area contributed by atoms with E-state index < -0.39 is 17.4 Å². The Balaban J connectivity index is 2.00. The summed E-state index contributed by atoms with van der Waals surface area (Å²) in [6.45, 7) is 2.33. The molecule has 2 fully saturated rings. The van der Waals surface area contributed by atoms with Crippen molar-refractivity contribution in [1.29, 1.82) is 0 Å². The number of hydrogen-bond acceptors (Lipinski definition) is 3. The van der Waals surface area contributed by atoms with Crippen LogP contribution in [0.25, 0.3) is 0 Å². The Morgan fingerprint density at radius 1 is 1.38 bits per heavy atom. The standard InChI is InChI=1S/C14H23N3O4/c1-9(11(18)16(2)3)15-13(21)17-7-10-5-4-6-14(10,8-17)12(19)20/h9-10H,4-8H2,1-3H3,(H,15,21)(H,19,20)/t9?,10-,14+/m0/s1. The van der Waals surface area contributed by atoms with Gasteiger partial charge < -0.3 is 20.2 Å². The predicted octanol–water partition coefficient (Wildman–Crippen LogP) is 0.359. The lowest BCUT2D eigenvalue weighted by Crippen LogP contribution is -2.49. The molecule has 1 aliphatic carbocycles. The van der Waals surface area contributed by atoms with Crippen LogP contribution in [-0.4, -0.2) is 66.0 Å². The topological polar surface area (TPSA) is 90.0 Å². The fourth-order valence-electron chi connectivity index (χ4n) is 3.52. The van der Waals surface area contributed by atoms with Gasteiger partial charge in [-0.2, -0.15) is 0 Å². The van der Waals surface area contributed by atoms with Crippen LogP contribution in [0.1, 0.15) is 26.2 Å². The number of hydrogen-bond donors (Lipinski definition) is 2. The molecule has 0 bridgehead atoms. The number of aliphatic carboxylic acids is 1. The molecule has 0 spiro atoms. The van der Waals surface area contributed by atoms with E-state index in [0.717, 1.165) is 12.8 Å². The number of likely N-dealkylation sites (N-methyl/N-ethyl adjacent to an activating group) is 1. The smallest absolute Gasteiger partial charge is 0.318 e. The Morgan fingerprint density at radius 3 is 2.57 bits per heavy atom. The van der Waals surface area contributed by atoms with Gasteiger partial charge in [0.1, 0.15) is 6.04 Å². The number of carboxylic acid groups (broad SMARTS) is 1. The number of nitrogens with one attached hydrogen (secondary N) is 1. The first-order chi connectivity index (χ1) is 9.78. The van der Waals surface area contributed by atoms with Crippen LogP contribution in [0.4, 0.5) is 4.79 Å². The van der Waals surface area contributed by atoms with Gasteiger partial charge in [-0.05, 0) is 25.7 Å². The van der Waals surface area contributed by atoms with Crippen LogP contribution in [0.3, 0.4) is 0 Å². The zero-order valence-corrected chi connectivity index (χ0v) is 12.8. The molecule has 7 nitrogen and oxygen atoms in total. The Hall–Kier alpha value is -1.79. The van der Waals surface area contributed by atoms with E-state index in [1.165, 1.54) is 9.80 Å². The maximum absolute atomic E-state index is 12.2. The molecule has 1 saturated heterocycles. The van der Waals surface area contributed by atoms with E-state index >= 15 is 0 Å². The molecule has 0 radical (unpaired) electrons. The van der Waals surface area contributed by atoms with Crippen molar-refractivity contribution in [2.75, 3.05) is 27.2 Å². The second-order valence-corrected chi connectivity index (χ2v) is 6.33. The normalized spacial score (nSPS) is 28.9. The molecule has 2 aliphatic rings. The molecule has 1 aliphatic heterocycles. The molecule has 1 heterocycles. The SMILES string of the molecule is CC(NC(=O)N1C[C@@H]2CCC[C@@]2(C(=O)O)C1)C(=O)N(C)C. The second-order valence-electron chi connectivity index (χ2n) is 6.33. The molecule has 1 saturated carbocycles. The van der Waals surface area contributed by atoms with Crippen LogP contribution in [0.2, 0.25) is 0 Å². The number of amides is 3. The summed E-state index contributed by atoms with van der Waals surface area (Å²) >= 11 is 0. The van der Waals surface area contributed by atoms with Gasteiger partial charge in [-0.1, -0.05) is 6.42 Å². The lowest BCUT2D eigenvalue weighted by atomic mass is 9.81. The fraction of sp³-hybridized carbons (Fsp3) is 0.786. The highest BCUT2D eigenvalue weighted by atomic mass is 16.4. The third kappa shape index (κ3) is 2.69. The van der Waals surface area contributed by atoms with Gasteiger partial charge in [0.25, 0.3) is 0 Å². The van der Waals surface area contributed by atoms with Crippen LogP contribution >= 0.6 is 0 Å². The largest absolute Gasteiger partial charge is 0.481 e. The summed E-state index contributed by atoms with van der Waals surface area (Å²) in [5, 5.41) is 12.1. The zero-order chi connectivity index (χ0) is 15.8. The summed E-state index contributed by atoms with van der Waals surface area (Å²) < 4.78 is 0. The molecule has 0 aromatic carbocycles. The molecular weight excluding hydrogens is 274 g/mol. The minimum Gasteiger partial charge on any atom is -0.481 e. The van der Waals surface area contributed by atoms with Gasteiger partial charge >= 0.3 is 12.0 Å². The quantitative estimate of drug-likeness (QED) is 0.787. The van der Waals surface area contributed by atoms with Crippen molar-refractivity contribution in [2.45, 2.75) is 32.2 Å². The first kappa shape index (κ1) is 15.6. The summed E-state index contributed by atoms with van der Waals surface area (Å²) in [5.41, 5.74) is -0.786. The minimum absolute atomic E-state index is 0.0283. The van der Waals surface area contributed by atoms with Crippen molar-refractivity contribution in [3.8, 4) is 0 Å². The molecule has 0 aromatic heterocycles. The predicted molar refractivity (Wildman–Crippen MR) is 75.7 cm³/mol. The highest BCUT2D eigenvalue weighted by Gasteiger charge is 2.55. The third-order valence-corrected chi connectivity index (χ3v) is 4.74. The van der Waals surface area contributed by atoms with Gasteiger partial charge in [0, 0.05) is 27.2 Å². The van der Waals surface area contributed by atoms with Crippen molar-refractivity contribution >= 4 is 17.9 Å². The number of carbonyl (C=O) groups excluding carboxylic acids is 2. The van der Waals surface area contributed by atoms with Gasteiger partial charge in [-0.25, -0.2) is 4.79 Å². The van der Waals surface area contributed by atoms with Crippen LogP contribution in [-0.2, 0) is 9.59 Å². The summed E-state index contributed by atoms with van der Waals surface area (Å²) in [6, 6.07) is -0.971. The first-order valence-electron chi connectivity index (χ1n) is 7.28. The van der Waals surface area contributed by atoms with Crippen molar-refractivity contribution in [3.63, 3.8) is 0 Å². The molecule has 2 N–H and O–H groups in total. The van der Waals surface area contributed by atoms with E-state index in [4.69, 9.17) is 0 Å². The number of nitrogens with zero attached hydrogens (tertiary/aromatic N) is 2. The van der Waals surface area contributed by atoms with Crippen LogP contribution in [0.15, 0.2) is 0 Å². The number of rotatable bonds is 3. The maximum Gasteiger partial charge on any atom is 0.318 e. The maximum atomic E-state index is 12.2. The molecule has 21 heavy (non-hydrogen) atoms. The molecule has 3 atom stereocenters. The molecular formula is C14H23N3O4. The van der Waals surface area contributed by atoms with E-state index in [-0.39, 0.29) is 24.4 Å². The van der Waals surface area contributed by atoms with Crippen molar-refractivity contribution in [2.24, 2.45) is 11.3 Å². The summed E-state index contributed by atoms with van der Waals surface area (Å²) in [4.78, 5) is 38.5. The number of carbonyl (C=O) groups is 3. The summed E-state index contributed by atoms with van der Waals surface area (Å²) in [5.74, 6) is -0.964. The number of carboxylic acids is 1. The Morgan fingerprint density at radius 2 is 2.05 bits per heavy atom. The zero-order valence-electron chi connectivity index (χ0n) is 12.8. The van der Waals surface area contributed by atoms with E-state index in [2.05, 4.69) is 5.32 Å². The lowest BCUT2D eigenvalue weighted by Gasteiger charge is -2.25. The molecule has 0 aromatic rings. The van der Waals surface area contributed by atoms with Crippen LogP contribution < -0.4 is 5.32 Å². The number of urea groups is 1. The van der Waals surface area contributed by atoms with E-state index in [0.29, 0.717) is 13.0 Å². The Labute approximate surface area is 124 Å². The van der Waals surface area contributed by atoms with Gasteiger partial charge in [-0.15, -0.1) is 0 Å². The van der Waals surface area contributed by atoms with Crippen molar-refractivity contribution in [3.05, 3.63) is 0 Å². The van der Waals surface area contributed by atoms with Crippen LogP contribution in [0, 0.1) is 11.3 Å². The van der Waals surface area contributed by atoms with E-state index in [1.807, 2.05) is 0 Å². The summed E-state index contributed by atoms with van der Waals surface area (Å²) in [6.07, 6.45) is 2.38. The summed E-state index contributed by atoms with van der Waals surface area (Å²) in [7, 11) is 3.26.